The van der Waals surface area contributed by atoms with E-state index in [2.05, 4.69) is 6.92 Å². The van der Waals surface area contributed by atoms with Crippen LogP contribution in [-0.4, -0.2) is 16.9 Å². The van der Waals surface area contributed by atoms with Gasteiger partial charge in [0.05, 0.1) is 5.92 Å². The fourth-order valence-electron chi connectivity index (χ4n) is 2.79. The highest BCUT2D eigenvalue weighted by molar-refractivity contribution is 5.98. The number of aryl methyl sites for hydroxylation is 1. The molecule has 1 aliphatic rings. The molecule has 0 heterocycles. The summed E-state index contributed by atoms with van der Waals surface area (Å²) in [6, 6.07) is 7.69. The lowest BCUT2D eigenvalue weighted by molar-refractivity contribution is -0.143. The molecule has 1 saturated carbocycles. The van der Waals surface area contributed by atoms with Gasteiger partial charge in [0.2, 0.25) is 0 Å². The van der Waals surface area contributed by atoms with Gasteiger partial charge in [-0.1, -0.05) is 37.6 Å². The SMILES string of the molecule is CCc1ccc(C(=O)[C@H]2CCC[C@@H](C(=O)O)C2)cc1. The van der Waals surface area contributed by atoms with Crippen LogP contribution in [0.25, 0.3) is 0 Å². The lowest BCUT2D eigenvalue weighted by atomic mass is 9.78. The zero-order valence-corrected chi connectivity index (χ0v) is 11.3. The van der Waals surface area contributed by atoms with Gasteiger partial charge in [0.25, 0.3) is 0 Å². The number of Topliss-reactive ketones (excluding diaryl/α,β-unsaturated/α-hetero) is 1. The molecule has 0 saturated heterocycles. The Bertz CT molecular complexity index is 461. The van der Waals surface area contributed by atoms with Crippen molar-refractivity contribution in [3.05, 3.63) is 35.4 Å². The first kappa shape index (κ1) is 13.8. The lowest BCUT2D eigenvalue weighted by Gasteiger charge is -2.25. The van der Waals surface area contributed by atoms with E-state index < -0.39 is 5.97 Å². The summed E-state index contributed by atoms with van der Waals surface area (Å²) < 4.78 is 0. The Hall–Kier alpha value is -1.64. The van der Waals surface area contributed by atoms with Gasteiger partial charge in [-0.15, -0.1) is 0 Å². The van der Waals surface area contributed by atoms with E-state index in [-0.39, 0.29) is 17.6 Å². The van der Waals surface area contributed by atoms with Crippen LogP contribution in [0.2, 0.25) is 0 Å². The maximum Gasteiger partial charge on any atom is 0.306 e. The van der Waals surface area contributed by atoms with Crippen LogP contribution >= 0.6 is 0 Å². The number of ketones is 1. The first-order valence-electron chi connectivity index (χ1n) is 6.97. The Balaban J connectivity index is 2.07. The number of carboxylic acids is 1. The van der Waals surface area contributed by atoms with E-state index in [4.69, 9.17) is 5.11 Å². The molecule has 0 bridgehead atoms. The molecule has 0 amide bonds. The molecule has 0 aromatic heterocycles. The number of carbonyl (C=O) groups excluding carboxylic acids is 1. The Labute approximate surface area is 113 Å². The number of rotatable bonds is 4. The minimum Gasteiger partial charge on any atom is -0.481 e. The minimum absolute atomic E-state index is 0.105. The monoisotopic (exact) mass is 260 g/mol. The van der Waals surface area contributed by atoms with E-state index in [1.807, 2.05) is 24.3 Å². The molecule has 0 radical (unpaired) electrons. The summed E-state index contributed by atoms with van der Waals surface area (Å²) in [5, 5.41) is 9.07. The van der Waals surface area contributed by atoms with Crippen LogP contribution in [0.5, 0.6) is 0 Å². The zero-order valence-electron chi connectivity index (χ0n) is 11.3. The van der Waals surface area contributed by atoms with E-state index in [9.17, 15) is 9.59 Å². The van der Waals surface area contributed by atoms with Gasteiger partial charge in [-0.05, 0) is 31.2 Å². The summed E-state index contributed by atoms with van der Waals surface area (Å²) >= 11 is 0. The van der Waals surface area contributed by atoms with Crippen molar-refractivity contribution in [1.82, 2.24) is 0 Å². The average Bonchev–Trinajstić information content (AvgIpc) is 2.46. The van der Waals surface area contributed by atoms with Crippen LogP contribution in [0.4, 0.5) is 0 Å². The Kier molecular flexibility index (Phi) is 4.35. The van der Waals surface area contributed by atoms with Crippen molar-refractivity contribution in [2.75, 3.05) is 0 Å². The second kappa shape index (κ2) is 6.00. The van der Waals surface area contributed by atoms with E-state index in [1.54, 1.807) is 0 Å². The summed E-state index contributed by atoms with van der Waals surface area (Å²) in [5.74, 6) is -1.13. The largest absolute Gasteiger partial charge is 0.481 e. The standard InChI is InChI=1S/C16H20O3/c1-2-11-6-8-12(9-7-11)15(17)13-4-3-5-14(10-13)16(18)19/h6-9,13-14H,2-5,10H2,1H3,(H,18,19)/t13-,14+/m0/s1. The second-order valence-corrected chi connectivity index (χ2v) is 5.31. The van der Waals surface area contributed by atoms with Crippen molar-refractivity contribution >= 4 is 11.8 Å². The summed E-state index contributed by atoms with van der Waals surface area (Å²) in [5.41, 5.74) is 1.93. The molecular formula is C16H20O3. The summed E-state index contributed by atoms with van der Waals surface area (Å²) in [4.78, 5) is 23.4. The normalized spacial score (nSPS) is 23.0. The van der Waals surface area contributed by atoms with Crippen molar-refractivity contribution in [2.45, 2.75) is 39.0 Å². The second-order valence-electron chi connectivity index (χ2n) is 5.31. The first-order valence-corrected chi connectivity index (χ1v) is 6.97. The smallest absolute Gasteiger partial charge is 0.306 e. The fraction of sp³-hybridized carbons (Fsp3) is 0.500. The van der Waals surface area contributed by atoms with Gasteiger partial charge in [0, 0.05) is 11.5 Å². The van der Waals surface area contributed by atoms with Crippen molar-refractivity contribution in [2.24, 2.45) is 11.8 Å². The third-order valence-corrected chi connectivity index (χ3v) is 4.04. The number of hydrogen-bond acceptors (Lipinski definition) is 2. The third-order valence-electron chi connectivity index (χ3n) is 4.04. The predicted molar refractivity (Wildman–Crippen MR) is 73.2 cm³/mol. The zero-order chi connectivity index (χ0) is 13.8. The molecule has 0 unspecified atom stereocenters. The van der Waals surface area contributed by atoms with Crippen molar-refractivity contribution in [3.63, 3.8) is 0 Å². The molecule has 102 valence electrons. The van der Waals surface area contributed by atoms with Crippen LogP contribution in [0, 0.1) is 11.8 Å². The molecule has 2 atom stereocenters. The molecule has 1 N–H and O–H groups in total. The van der Waals surface area contributed by atoms with Crippen molar-refractivity contribution < 1.29 is 14.7 Å². The van der Waals surface area contributed by atoms with Crippen molar-refractivity contribution in [1.29, 1.82) is 0 Å². The Morgan fingerprint density at radius 1 is 1.16 bits per heavy atom. The highest BCUT2D eigenvalue weighted by Crippen LogP contribution is 2.31. The van der Waals surface area contributed by atoms with Gasteiger partial charge in [-0.3, -0.25) is 9.59 Å². The molecule has 1 aromatic carbocycles. The van der Waals surface area contributed by atoms with Gasteiger partial charge >= 0.3 is 5.97 Å². The Morgan fingerprint density at radius 2 is 1.79 bits per heavy atom. The molecule has 2 rings (SSSR count). The van der Waals surface area contributed by atoms with Crippen LogP contribution in [0.1, 0.15) is 48.5 Å². The maximum atomic E-state index is 12.4. The summed E-state index contributed by atoms with van der Waals surface area (Å²) in [6.45, 7) is 2.08. The third kappa shape index (κ3) is 3.22. The number of carbonyl (C=O) groups is 2. The van der Waals surface area contributed by atoms with Gasteiger partial charge in [0.15, 0.2) is 5.78 Å². The highest BCUT2D eigenvalue weighted by atomic mass is 16.4. The van der Waals surface area contributed by atoms with Gasteiger partial charge in [-0.25, -0.2) is 0 Å². The van der Waals surface area contributed by atoms with Crippen molar-refractivity contribution in [3.8, 4) is 0 Å². The van der Waals surface area contributed by atoms with E-state index in [0.717, 1.165) is 19.3 Å². The molecular weight excluding hydrogens is 240 g/mol. The number of aliphatic carboxylic acids is 1. The van der Waals surface area contributed by atoms with Gasteiger partial charge in [-0.2, -0.15) is 0 Å². The molecule has 19 heavy (non-hydrogen) atoms. The van der Waals surface area contributed by atoms with Crippen LogP contribution < -0.4 is 0 Å². The van der Waals surface area contributed by atoms with E-state index in [0.29, 0.717) is 18.4 Å². The topological polar surface area (TPSA) is 54.4 Å². The number of benzene rings is 1. The number of hydrogen-bond donors (Lipinski definition) is 1. The molecule has 1 aliphatic carbocycles. The van der Waals surface area contributed by atoms with Gasteiger partial charge in [0.1, 0.15) is 0 Å². The number of carboxylic acid groups (broad SMARTS) is 1. The maximum absolute atomic E-state index is 12.4. The highest BCUT2D eigenvalue weighted by Gasteiger charge is 2.31. The fourth-order valence-corrected chi connectivity index (χ4v) is 2.79. The van der Waals surface area contributed by atoms with Gasteiger partial charge < -0.3 is 5.11 Å². The molecule has 0 aliphatic heterocycles. The minimum atomic E-state index is -0.765. The van der Waals surface area contributed by atoms with Crippen LogP contribution in [-0.2, 0) is 11.2 Å². The molecule has 1 aromatic rings. The lowest BCUT2D eigenvalue weighted by Crippen LogP contribution is -2.27. The Morgan fingerprint density at radius 3 is 2.37 bits per heavy atom. The summed E-state index contributed by atoms with van der Waals surface area (Å²) in [6.07, 6.45) is 3.80. The van der Waals surface area contributed by atoms with Crippen LogP contribution in [0.15, 0.2) is 24.3 Å². The predicted octanol–water partition coefficient (Wildman–Crippen LogP) is 3.32. The average molecular weight is 260 g/mol. The van der Waals surface area contributed by atoms with Crippen LogP contribution in [0.3, 0.4) is 0 Å². The molecule has 3 nitrogen and oxygen atoms in total. The summed E-state index contributed by atoms with van der Waals surface area (Å²) in [7, 11) is 0. The molecule has 3 heteroatoms. The first-order chi connectivity index (χ1) is 9.11. The molecule has 0 spiro atoms. The van der Waals surface area contributed by atoms with E-state index in [1.165, 1.54) is 5.56 Å². The molecule has 1 fully saturated rings. The quantitative estimate of drug-likeness (QED) is 0.845. The van der Waals surface area contributed by atoms with E-state index >= 15 is 0 Å².